The zero-order valence-electron chi connectivity index (χ0n) is 15.7. The van der Waals surface area contributed by atoms with Crippen LogP contribution < -0.4 is 10.6 Å². The molecule has 0 aromatic carbocycles. The van der Waals surface area contributed by atoms with Gasteiger partial charge in [-0.15, -0.1) is 0 Å². The van der Waals surface area contributed by atoms with E-state index in [-0.39, 0.29) is 29.6 Å². The van der Waals surface area contributed by atoms with Crippen molar-refractivity contribution >= 4 is 23.0 Å². The summed E-state index contributed by atoms with van der Waals surface area (Å²) in [6.07, 6.45) is 1.77. The topological polar surface area (TPSA) is 83.2 Å². The fourth-order valence-electron chi connectivity index (χ4n) is 4.23. The van der Waals surface area contributed by atoms with E-state index in [0.29, 0.717) is 41.8 Å². The third-order valence-electron chi connectivity index (χ3n) is 5.47. The Morgan fingerprint density at radius 2 is 2.00 bits per heavy atom. The average Bonchev–Trinajstić information content (AvgIpc) is 3.18. The van der Waals surface area contributed by atoms with E-state index in [1.165, 1.54) is 21.0 Å². The van der Waals surface area contributed by atoms with Crippen molar-refractivity contribution in [2.75, 3.05) is 5.01 Å². The third-order valence-corrected chi connectivity index (χ3v) is 6.17. The number of thiophene rings is 1. The summed E-state index contributed by atoms with van der Waals surface area (Å²) in [5, 5.41) is 14.7. The zero-order valence-corrected chi connectivity index (χ0v) is 16.5. The Balaban J connectivity index is 1.97. The molecular formula is C21H19N3O3S. The highest BCUT2D eigenvalue weighted by molar-refractivity contribution is 7.08. The molecule has 6 nitrogen and oxygen atoms in total. The summed E-state index contributed by atoms with van der Waals surface area (Å²) in [5.41, 5.74) is 2.84. The lowest BCUT2D eigenvalue weighted by Gasteiger charge is -2.39. The van der Waals surface area contributed by atoms with Gasteiger partial charge in [-0.3, -0.25) is 14.4 Å². The van der Waals surface area contributed by atoms with Crippen LogP contribution in [0.1, 0.15) is 54.0 Å². The molecule has 0 bridgehead atoms. The van der Waals surface area contributed by atoms with Crippen LogP contribution in [0.5, 0.6) is 0 Å². The predicted molar refractivity (Wildman–Crippen MR) is 106 cm³/mol. The highest BCUT2D eigenvalue weighted by Gasteiger charge is 2.41. The maximum Gasteiger partial charge on any atom is 0.288 e. The van der Waals surface area contributed by atoms with E-state index in [4.69, 9.17) is 0 Å². The second-order valence-electron chi connectivity index (χ2n) is 7.23. The van der Waals surface area contributed by atoms with Gasteiger partial charge in [-0.1, -0.05) is 0 Å². The highest BCUT2D eigenvalue weighted by atomic mass is 32.1. The number of ketones is 1. The first-order valence-electron chi connectivity index (χ1n) is 9.19. The molecule has 2 aromatic rings. The smallest absolute Gasteiger partial charge is 0.288 e. The summed E-state index contributed by atoms with van der Waals surface area (Å²) in [6.45, 7) is 3.44. The number of rotatable bonds is 2. The number of carbonyl (C=O) groups is 2. The van der Waals surface area contributed by atoms with Crippen LogP contribution in [0.3, 0.4) is 0 Å². The second kappa shape index (κ2) is 6.88. The van der Waals surface area contributed by atoms with Crippen molar-refractivity contribution < 1.29 is 9.59 Å². The first-order valence-corrected chi connectivity index (χ1v) is 10.1. The molecule has 3 heterocycles. The molecule has 2 aliphatic rings. The molecule has 1 atom stereocenters. The van der Waals surface area contributed by atoms with Crippen molar-refractivity contribution in [3.05, 3.63) is 66.9 Å². The van der Waals surface area contributed by atoms with E-state index < -0.39 is 5.56 Å². The van der Waals surface area contributed by atoms with E-state index in [0.717, 1.165) is 5.56 Å². The lowest BCUT2D eigenvalue weighted by atomic mass is 9.78. The summed E-state index contributed by atoms with van der Waals surface area (Å²) in [5.74, 6) is -0.467. The van der Waals surface area contributed by atoms with E-state index in [9.17, 15) is 19.6 Å². The van der Waals surface area contributed by atoms with Crippen LogP contribution in [0.25, 0.3) is 0 Å². The normalized spacial score (nSPS) is 19.6. The second-order valence-corrected chi connectivity index (χ2v) is 8.01. The van der Waals surface area contributed by atoms with Crippen LogP contribution in [-0.2, 0) is 9.59 Å². The Morgan fingerprint density at radius 1 is 1.21 bits per heavy atom. The van der Waals surface area contributed by atoms with Gasteiger partial charge < -0.3 is 0 Å². The van der Waals surface area contributed by atoms with Crippen molar-refractivity contribution in [2.45, 2.75) is 45.4 Å². The van der Waals surface area contributed by atoms with Gasteiger partial charge >= 0.3 is 0 Å². The molecule has 2 aromatic heterocycles. The van der Waals surface area contributed by atoms with Crippen molar-refractivity contribution in [2.24, 2.45) is 0 Å². The molecule has 0 saturated heterocycles. The molecule has 0 unspecified atom stereocenters. The summed E-state index contributed by atoms with van der Waals surface area (Å²) < 4.78 is 1.27. The number of pyridine rings is 1. The minimum Gasteiger partial charge on any atom is -0.294 e. The molecule has 0 radical (unpaired) electrons. The lowest BCUT2D eigenvalue weighted by molar-refractivity contribution is -0.121. The Labute approximate surface area is 166 Å². The molecule has 0 saturated carbocycles. The molecule has 28 heavy (non-hydrogen) atoms. The van der Waals surface area contributed by atoms with Crippen molar-refractivity contribution in [3.8, 4) is 6.07 Å². The van der Waals surface area contributed by atoms with Gasteiger partial charge in [0.05, 0.1) is 5.70 Å². The Bertz CT molecular complexity index is 1120. The standard InChI is InChI=1S/C21H19N3O3S/c1-12-8-13(2)23(21(27)16(12)10-22)24-17-4-3-5-18(25)20(17)15(9-19(24)26)14-6-7-28-11-14/h6-8,11,15H,3-5,9H2,1-2H3/t15-/m0/s1. The van der Waals surface area contributed by atoms with Crippen LogP contribution in [-0.4, -0.2) is 16.4 Å². The first kappa shape index (κ1) is 18.4. The minimum absolute atomic E-state index is 0.0163. The number of nitrogens with zero attached hydrogens (tertiary/aromatic N) is 3. The number of carbonyl (C=O) groups excluding carboxylic acids is 2. The number of hydrogen-bond donors (Lipinski definition) is 0. The number of nitriles is 1. The Morgan fingerprint density at radius 3 is 2.68 bits per heavy atom. The molecular weight excluding hydrogens is 374 g/mol. The number of Topliss-reactive ketones (excluding diaryl/α,β-unsaturated/α-hetero) is 1. The van der Waals surface area contributed by atoms with Crippen molar-refractivity contribution in [3.63, 3.8) is 0 Å². The summed E-state index contributed by atoms with van der Waals surface area (Å²) >= 11 is 1.53. The number of aryl methyl sites for hydroxylation is 2. The maximum atomic E-state index is 13.2. The van der Waals surface area contributed by atoms with Gasteiger partial charge in [0.1, 0.15) is 11.6 Å². The van der Waals surface area contributed by atoms with Gasteiger partial charge in [0, 0.05) is 30.0 Å². The van der Waals surface area contributed by atoms with Gasteiger partial charge in [-0.05, 0) is 60.7 Å². The number of hydrogen-bond acceptors (Lipinski definition) is 5. The maximum absolute atomic E-state index is 13.2. The first-order chi connectivity index (χ1) is 13.4. The predicted octanol–water partition coefficient (Wildman–Crippen LogP) is 3.06. The molecule has 1 aliphatic heterocycles. The SMILES string of the molecule is Cc1cc(C)n(N2C(=O)C[C@@H](c3ccsc3)C3=C2CCCC3=O)c(=O)c1C#N. The lowest BCUT2D eigenvalue weighted by Crippen LogP contribution is -2.52. The summed E-state index contributed by atoms with van der Waals surface area (Å²) in [7, 11) is 0. The number of allylic oxidation sites excluding steroid dienone is 2. The van der Waals surface area contributed by atoms with Gasteiger partial charge in [0.2, 0.25) is 5.91 Å². The van der Waals surface area contributed by atoms with Crippen LogP contribution in [0.15, 0.2) is 39.0 Å². The molecule has 4 rings (SSSR count). The van der Waals surface area contributed by atoms with Crippen LogP contribution >= 0.6 is 11.3 Å². The minimum atomic E-state index is -0.521. The molecule has 0 fully saturated rings. The summed E-state index contributed by atoms with van der Waals surface area (Å²) in [4.78, 5) is 39.0. The largest absolute Gasteiger partial charge is 0.294 e. The fourth-order valence-corrected chi connectivity index (χ4v) is 4.95. The fraction of sp³-hybridized carbons (Fsp3) is 0.333. The third kappa shape index (κ3) is 2.72. The van der Waals surface area contributed by atoms with Crippen molar-refractivity contribution in [1.29, 1.82) is 5.26 Å². The molecule has 0 N–H and O–H groups in total. The molecule has 7 heteroatoms. The zero-order chi connectivity index (χ0) is 20.0. The van der Waals surface area contributed by atoms with Gasteiger partial charge in [0.25, 0.3) is 5.56 Å². The van der Waals surface area contributed by atoms with Crippen LogP contribution in [0.4, 0.5) is 0 Å². The van der Waals surface area contributed by atoms with Crippen LogP contribution in [0, 0.1) is 25.2 Å². The van der Waals surface area contributed by atoms with Gasteiger partial charge in [-0.2, -0.15) is 16.6 Å². The highest BCUT2D eigenvalue weighted by Crippen LogP contribution is 2.41. The van der Waals surface area contributed by atoms with Crippen LogP contribution in [0.2, 0.25) is 0 Å². The molecule has 1 amide bonds. The van der Waals surface area contributed by atoms with Gasteiger partial charge in [-0.25, -0.2) is 9.69 Å². The van der Waals surface area contributed by atoms with E-state index in [2.05, 4.69) is 0 Å². The molecule has 1 aliphatic carbocycles. The quantitative estimate of drug-likeness (QED) is 0.785. The molecule has 0 spiro atoms. The monoisotopic (exact) mass is 393 g/mol. The van der Waals surface area contributed by atoms with E-state index >= 15 is 0 Å². The average molecular weight is 393 g/mol. The van der Waals surface area contributed by atoms with E-state index in [1.807, 2.05) is 22.9 Å². The number of aromatic nitrogens is 1. The van der Waals surface area contributed by atoms with Crippen molar-refractivity contribution in [1.82, 2.24) is 4.68 Å². The summed E-state index contributed by atoms with van der Waals surface area (Å²) in [6, 6.07) is 5.62. The molecule has 142 valence electrons. The van der Waals surface area contributed by atoms with E-state index in [1.54, 1.807) is 19.9 Å². The number of amides is 1. The Hall–Kier alpha value is -2.98. The Kier molecular flexibility index (Phi) is 4.52. The van der Waals surface area contributed by atoms with Gasteiger partial charge in [0.15, 0.2) is 5.78 Å².